The van der Waals surface area contributed by atoms with Crippen LogP contribution in [0, 0.1) is 0 Å². The second-order valence-electron chi connectivity index (χ2n) is 5.02. The van der Waals surface area contributed by atoms with Gasteiger partial charge in [0.2, 0.25) is 0 Å². The minimum absolute atomic E-state index is 0.0412. The van der Waals surface area contributed by atoms with Crippen LogP contribution in [0.3, 0.4) is 0 Å². The number of fused-ring (bicyclic) bond motifs is 1. The molecule has 3 aromatic rings. The van der Waals surface area contributed by atoms with Crippen LogP contribution in [0.4, 0.5) is 15.8 Å². The van der Waals surface area contributed by atoms with Crippen molar-refractivity contribution < 1.29 is 19.1 Å². The fourth-order valence-electron chi connectivity index (χ4n) is 2.15. The maximum atomic E-state index is 13.3. The molecule has 2 heterocycles. The van der Waals surface area contributed by atoms with Crippen LogP contribution in [0.2, 0.25) is 0 Å². The van der Waals surface area contributed by atoms with E-state index in [-0.39, 0.29) is 28.2 Å². The Labute approximate surface area is 139 Å². The number of nitrogens with two attached hydrogens (primary N) is 1. The Morgan fingerprint density at radius 2 is 2.08 bits per heavy atom. The van der Waals surface area contributed by atoms with E-state index < -0.39 is 17.7 Å². The third-order valence-electron chi connectivity index (χ3n) is 3.37. The third-order valence-corrected chi connectivity index (χ3v) is 3.37. The number of amides is 1. The number of halogens is 1. The van der Waals surface area contributed by atoms with Crippen molar-refractivity contribution in [2.24, 2.45) is 0 Å². The van der Waals surface area contributed by atoms with Crippen molar-refractivity contribution in [3.63, 3.8) is 0 Å². The number of carboxylic acid groups (broad SMARTS) is 1. The Hall–Kier alpha value is -3.82. The van der Waals surface area contributed by atoms with Crippen LogP contribution in [0.1, 0.15) is 26.4 Å². The maximum absolute atomic E-state index is 13.3. The highest BCUT2D eigenvalue weighted by atomic mass is 19.1. The second kappa shape index (κ2) is 6.00. The summed E-state index contributed by atoms with van der Waals surface area (Å²) >= 11 is 0. The molecule has 2 aromatic heterocycles. The highest BCUT2D eigenvalue weighted by Gasteiger charge is 2.17. The van der Waals surface area contributed by atoms with E-state index in [9.17, 15) is 19.1 Å². The minimum Gasteiger partial charge on any atom is -0.478 e. The summed E-state index contributed by atoms with van der Waals surface area (Å²) in [4.78, 5) is 23.7. The van der Waals surface area contributed by atoms with Crippen molar-refractivity contribution in [2.45, 2.75) is 0 Å². The molecule has 0 saturated carbocycles. The molecule has 0 fully saturated rings. The van der Waals surface area contributed by atoms with Crippen molar-refractivity contribution in [2.75, 3.05) is 11.1 Å². The van der Waals surface area contributed by atoms with E-state index in [0.29, 0.717) is 5.52 Å². The van der Waals surface area contributed by atoms with Gasteiger partial charge in [-0.3, -0.25) is 4.79 Å². The van der Waals surface area contributed by atoms with Gasteiger partial charge in [-0.25, -0.2) is 9.18 Å². The average Bonchev–Trinajstić information content (AvgIpc) is 3.03. The molecule has 3 rings (SSSR count). The molecule has 9 nitrogen and oxygen atoms in total. The number of aromatic nitrogens is 4. The van der Waals surface area contributed by atoms with E-state index in [1.807, 2.05) is 0 Å². The molecule has 0 aliphatic rings. The summed E-state index contributed by atoms with van der Waals surface area (Å²) < 4.78 is 14.4. The van der Waals surface area contributed by atoms with Crippen molar-refractivity contribution in [3.05, 3.63) is 53.9 Å². The highest BCUT2D eigenvalue weighted by molar-refractivity contribution is 6.07. The van der Waals surface area contributed by atoms with E-state index in [2.05, 4.69) is 27.3 Å². The number of anilines is 2. The zero-order valence-electron chi connectivity index (χ0n) is 12.6. The summed E-state index contributed by atoms with van der Waals surface area (Å²) in [5.74, 6) is -2.79. The summed E-state index contributed by atoms with van der Waals surface area (Å²) in [7, 11) is 0. The van der Waals surface area contributed by atoms with Crippen molar-refractivity contribution in [3.8, 4) is 0 Å². The molecule has 4 N–H and O–H groups in total. The molecule has 1 aromatic carbocycles. The Balaban J connectivity index is 2.00. The van der Waals surface area contributed by atoms with Gasteiger partial charge in [0, 0.05) is 5.56 Å². The molecule has 0 atom stereocenters. The first-order chi connectivity index (χ1) is 11.9. The zero-order valence-corrected chi connectivity index (χ0v) is 12.6. The molecule has 0 bridgehead atoms. The average molecular weight is 342 g/mol. The normalized spacial score (nSPS) is 10.6. The van der Waals surface area contributed by atoms with Gasteiger partial charge in [-0.2, -0.15) is 0 Å². The standard InChI is InChI=1S/C15H11FN6O3/c1-7(16)8-2-3-9(15(24)25)11(4-8)19-14(23)12-5-10(17)13-6-18-21-22(13)20-12/h2-6H,1,17H2,(H,19,23)(H,24,25). The van der Waals surface area contributed by atoms with E-state index in [1.54, 1.807) is 0 Å². The van der Waals surface area contributed by atoms with E-state index in [4.69, 9.17) is 5.73 Å². The minimum atomic E-state index is -1.29. The highest BCUT2D eigenvalue weighted by Crippen LogP contribution is 2.23. The van der Waals surface area contributed by atoms with Crippen LogP contribution < -0.4 is 11.1 Å². The van der Waals surface area contributed by atoms with Crippen molar-refractivity contribution in [1.29, 1.82) is 0 Å². The number of carbonyl (C=O) groups is 2. The number of rotatable bonds is 4. The number of carbonyl (C=O) groups excluding carboxylic acids is 1. The molecule has 0 saturated heterocycles. The monoisotopic (exact) mass is 342 g/mol. The van der Waals surface area contributed by atoms with Gasteiger partial charge in [-0.15, -0.1) is 14.8 Å². The lowest BCUT2D eigenvalue weighted by Crippen LogP contribution is -2.18. The van der Waals surface area contributed by atoms with Crippen LogP contribution in [0.15, 0.2) is 37.0 Å². The number of carboxylic acids is 1. The van der Waals surface area contributed by atoms with E-state index in [0.717, 1.165) is 4.63 Å². The molecule has 126 valence electrons. The van der Waals surface area contributed by atoms with Gasteiger partial charge in [0.1, 0.15) is 11.3 Å². The molecular weight excluding hydrogens is 331 g/mol. The van der Waals surface area contributed by atoms with Gasteiger partial charge in [-0.05, 0) is 23.4 Å². The molecular formula is C15H11FN6O3. The summed E-state index contributed by atoms with van der Waals surface area (Å²) in [5, 5.41) is 22.8. The predicted molar refractivity (Wildman–Crippen MR) is 86.7 cm³/mol. The van der Waals surface area contributed by atoms with Crippen LogP contribution in [0.25, 0.3) is 11.3 Å². The van der Waals surface area contributed by atoms with Gasteiger partial charge >= 0.3 is 5.97 Å². The summed E-state index contributed by atoms with van der Waals surface area (Å²) in [6.45, 7) is 3.14. The van der Waals surface area contributed by atoms with Gasteiger partial charge in [0.05, 0.1) is 23.1 Å². The van der Waals surface area contributed by atoms with Crippen LogP contribution in [0.5, 0.6) is 0 Å². The predicted octanol–water partition coefficient (Wildman–Crippen LogP) is 1.60. The first kappa shape index (κ1) is 16.1. The molecule has 0 aliphatic heterocycles. The summed E-state index contributed by atoms with van der Waals surface area (Å²) in [5.41, 5.74) is 6.04. The second-order valence-corrected chi connectivity index (χ2v) is 5.02. The number of hydrogen-bond acceptors (Lipinski definition) is 6. The van der Waals surface area contributed by atoms with Gasteiger partial charge in [-0.1, -0.05) is 12.6 Å². The number of nitrogen functional groups attached to an aromatic ring is 1. The first-order valence-corrected chi connectivity index (χ1v) is 6.87. The first-order valence-electron chi connectivity index (χ1n) is 6.87. The van der Waals surface area contributed by atoms with Crippen molar-refractivity contribution in [1.82, 2.24) is 20.0 Å². The quantitative estimate of drug-likeness (QED) is 0.655. The molecule has 10 heteroatoms. The van der Waals surface area contributed by atoms with Crippen LogP contribution >= 0.6 is 0 Å². The van der Waals surface area contributed by atoms with Crippen LogP contribution in [-0.2, 0) is 0 Å². The number of benzene rings is 1. The largest absolute Gasteiger partial charge is 0.478 e. The third kappa shape index (κ3) is 3.00. The molecule has 25 heavy (non-hydrogen) atoms. The van der Waals surface area contributed by atoms with E-state index in [1.165, 1.54) is 30.5 Å². The van der Waals surface area contributed by atoms with Crippen molar-refractivity contribution >= 4 is 34.6 Å². The molecule has 0 aliphatic carbocycles. The summed E-state index contributed by atoms with van der Waals surface area (Å²) in [6.07, 6.45) is 1.38. The zero-order chi connectivity index (χ0) is 18.1. The maximum Gasteiger partial charge on any atom is 0.337 e. The lowest BCUT2D eigenvalue weighted by Gasteiger charge is -2.10. The number of nitrogens with zero attached hydrogens (tertiary/aromatic N) is 4. The number of hydrogen-bond donors (Lipinski definition) is 3. The van der Waals surface area contributed by atoms with Gasteiger partial charge in [0.15, 0.2) is 5.69 Å². The SMILES string of the molecule is C=C(F)c1ccc(C(=O)O)c(NC(=O)c2cc(N)c3cnnn3n2)c1. The Bertz CT molecular complexity index is 1030. The molecule has 0 unspecified atom stereocenters. The van der Waals surface area contributed by atoms with Gasteiger partial charge < -0.3 is 16.2 Å². The fraction of sp³-hybridized carbons (Fsp3) is 0. The Morgan fingerprint density at radius 1 is 1.32 bits per heavy atom. The Kier molecular flexibility index (Phi) is 3.85. The summed E-state index contributed by atoms with van der Waals surface area (Å²) in [6, 6.07) is 4.88. The Morgan fingerprint density at radius 3 is 2.76 bits per heavy atom. The number of aromatic carboxylic acids is 1. The lowest BCUT2D eigenvalue weighted by molar-refractivity contribution is 0.0698. The number of nitrogens with one attached hydrogen (secondary N) is 1. The van der Waals surface area contributed by atoms with Crippen LogP contribution in [-0.4, -0.2) is 37.0 Å². The van der Waals surface area contributed by atoms with Gasteiger partial charge in [0.25, 0.3) is 5.91 Å². The van der Waals surface area contributed by atoms with E-state index >= 15 is 0 Å². The molecule has 0 radical (unpaired) electrons. The fourth-order valence-corrected chi connectivity index (χ4v) is 2.15. The lowest BCUT2D eigenvalue weighted by atomic mass is 10.1. The molecule has 0 spiro atoms. The smallest absolute Gasteiger partial charge is 0.337 e. The molecule has 1 amide bonds. The topological polar surface area (TPSA) is 136 Å².